The van der Waals surface area contributed by atoms with Gasteiger partial charge in [-0.05, 0) is 71.0 Å². The van der Waals surface area contributed by atoms with E-state index in [2.05, 4.69) is 25.4 Å². The van der Waals surface area contributed by atoms with Gasteiger partial charge in [-0.25, -0.2) is 4.68 Å². The number of rotatable bonds is 9. The molecule has 0 unspecified atom stereocenters. The Kier molecular flexibility index (Phi) is 7.28. The fourth-order valence-electron chi connectivity index (χ4n) is 5.31. The van der Waals surface area contributed by atoms with Gasteiger partial charge in [0.15, 0.2) is 5.82 Å². The molecule has 10 heteroatoms. The summed E-state index contributed by atoms with van der Waals surface area (Å²) >= 11 is 6.62. The number of H-pyrrole nitrogens is 1. The molecule has 3 aromatic heterocycles. The number of nitrogens with one attached hydrogen (secondary N) is 1. The second kappa shape index (κ2) is 11.1. The third kappa shape index (κ3) is 5.38. The predicted octanol–water partition coefficient (Wildman–Crippen LogP) is 5.04. The zero-order chi connectivity index (χ0) is 26.8. The van der Waals surface area contributed by atoms with E-state index in [9.17, 15) is 4.79 Å². The van der Waals surface area contributed by atoms with Crippen LogP contribution in [0.15, 0.2) is 76.1 Å². The van der Waals surface area contributed by atoms with E-state index in [1.807, 2.05) is 67.6 Å². The molecule has 9 nitrogen and oxygen atoms in total. The maximum Gasteiger partial charge on any atom is 0.253 e. The van der Waals surface area contributed by atoms with Crippen LogP contribution in [0.4, 0.5) is 0 Å². The highest BCUT2D eigenvalue weighted by atomic mass is 35.5. The van der Waals surface area contributed by atoms with Gasteiger partial charge in [-0.2, -0.15) is 0 Å². The number of nitrogens with zero attached hydrogens (tertiary/aromatic N) is 5. The number of pyridine rings is 1. The number of aryl methyl sites for hydroxylation is 1. The standard InChI is InChI=1S/C29H29ClN6O3/c1-19-7-4-9-20-15-24(29(37)31-26(19)20)27(28-32-33-34-36(28)18-23-11-6-14-39-23)35(17-22-10-5-13-38-22)16-21-8-2-3-12-25(21)30/h2-5,7-10,12-13,15,23,27H,6,11,14,16-18H2,1H3,(H,31,37)/t23-,27+/m1/s1. The Morgan fingerprint density at radius 2 is 2.05 bits per heavy atom. The molecule has 39 heavy (non-hydrogen) atoms. The molecule has 4 heterocycles. The molecule has 1 N–H and O–H groups in total. The Bertz CT molecular complexity index is 1620. The molecule has 0 amide bonds. The predicted molar refractivity (Wildman–Crippen MR) is 147 cm³/mol. The molecule has 2 aromatic carbocycles. The molecule has 1 fully saturated rings. The molecule has 6 rings (SSSR count). The van der Waals surface area contributed by atoms with Gasteiger partial charge in [0.1, 0.15) is 11.8 Å². The van der Waals surface area contributed by atoms with Gasteiger partial charge >= 0.3 is 0 Å². The van der Waals surface area contributed by atoms with Gasteiger partial charge in [-0.15, -0.1) is 5.10 Å². The van der Waals surface area contributed by atoms with Crippen LogP contribution in [0.2, 0.25) is 5.02 Å². The zero-order valence-electron chi connectivity index (χ0n) is 21.6. The number of fused-ring (bicyclic) bond motifs is 1. The van der Waals surface area contributed by atoms with Crippen molar-refractivity contribution in [2.75, 3.05) is 6.61 Å². The maximum atomic E-state index is 13.8. The molecular weight excluding hydrogens is 516 g/mol. The number of halogens is 1. The first-order valence-electron chi connectivity index (χ1n) is 13.1. The summed E-state index contributed by atoms with van der Waals surface area (Å²) < 4.78 is 13.4. The number of tetrazole rings is 1. The number of para-hydroxylation sites is 1. The van der Waals surface area contributed by atoms with Crippen molar-refractivity contribution >= 4 is 22.5 Å². The van der Waals surface area contributed by atoms with Crippen LogP contribution in [-0.4, -0.2) is 42.8 Å². The molecule has 1 aliphatic rings. The van der Waals surface area contributed by atoms with Crippen LogP contribution in [0.1, 0.15) is 47.2 Å². The number of ether oxygens (including phenoxy) is 1. The zero-order valence-corrected chi connectivity index (χ0v) is 22.3. The van der Waals surface area contributed by atoms with Crippen LogP contribution in [0.25, 0.3) is 10.9 Å². The number of benzene rings is 2. The van der Waals surface area contributed by atoms with Crippen molar-refractivity contribution in [2.45, 2.75) is 51.5 Å². The van der Waals surface area contributed by atoms with E-state index in [0.29, 0.717) is 36.0 Å². The highest BCUT2D eigenvalue weighted by Crippen LogP contribution is 2.32. The SMILES string of the molecule is Cc1cccc2cc([C@@H](c3nnnn3C[C@H]3CCCO3)N(Cc3ccco3)Cc3ccccc3Cl)c(=O)[nH]c12. The molecule has 0 bridgehead atoms. The molecule has 0 aliphatic carbocycles. The summed E-state index contributed by atoms with van der Waals surface area (Å²) in [5, 5.41) is 14.4. The lowest BCUT2D eigenvalue weighted by Gasteiger charge is -2.31. The molecule has 0 saturated carbocycles. The first-order chi connectivity index (χ1) is 19.1. The average Bonchev–Trinajstić information content (AvgIpc) is 3.72. The van der Waals surface area contributed by atoms with E-state index in [-0.39, 0.29) is 11.7 Å². The molecule has 0 radical (unpaired) electrons. The molecular formula is C29H29ClN6O3. The Morgan fingerprint density at radius 3 is 2.85 bits per heavy atom. The minimum Gasteiger partial charge on any atom is -0.468 e. The Morgan fingerprint density at radius 1 is 1.15 bits per heavy atom. The summed E-state index contributed by atoms with van der Waals surface area (Å²) in [7, 11) is 0. The number of furan rings is 1. The first-order valence-corrected chi connectivity index (χ1v) is 13.4. The van der Waals surface area contributed by atoms with Crippen molar-refractivity contribution in [3.8, 4) is 0 Å². The van der Waals surface area contributed by atoms with Gasteiger partial charge in [0.2, 0.25) is 0 Å². The van der Waals surface area contributed by atoms with Gasteiger partial charge in [-0.3, -0.25) is 9.69 Å². The van der Waals surface area contributed by atoms with Crippen LogP contribution in [0, 0.1) is 6.92 Å². The number of aromatic amines is 1. The summed E-state index contributed by atoms with van der Waals surface area (Å²) in [6.45, 7) is 4.05. The molecule has 200 valence electrons. The first kappa shape index (κ1) is 25.5. The molecule has 0 spiro atoms. The summed E-state index contributed by atoms with van der Waals surface area (Å²) in [6.07, 6.45) is 3.61. The van der Waals surface area contributed by atoms with E-state index >= 15 is 0 Å². The van der Waals surface area contributed by atoms with Crippen molar-refractivity contribution in [1.82, 2.24) is 30.1 Å². The van der Waals surface area contributed by atoms with E-state index < -0.39 is 6.04 Å². The summed E-state index contributed by atoms with van der Waals surface area (Å²) in [5.41, 5.74) is 3.07. The fraction of sp³-hybridized carbons (Fsp3) is 0.310. The topological polar surface area (TPSA) is 102 Å². The highest BCUT2D eigenvalue weighted by molar-refractivity contribution is 6.31. The van der Waals surface area contributed by atoms with E-state index in [0.717, 1.165) is 47.2 Å². The molecule has 1 aliphatic heterocycles. The van der Waals surface area contributed by atoms with Crippen LogP contribution in [-0.2, 0) is 24.4 Å². The second-order valence-electron chi connectivity index (χ2n) is 9.93. The summed E-state index contributed by atoms with van der Waals surface area (Å²) in [6, 6.07) is 18.8. The Balaban J connectivity index is 1.52. The smallest absolute Gasteiger partial charge is 0.253 e. The third-order valence-electron chi connectivity index (χ3n) is 7.25. The van der Waals surface area contributed by atoms with E-state index in [1.54, 1.807) is 10.9 Å². The van der Waals surface area contributed by atoms with Crippen molar-refractivity contribution in [1.29, 1.82) is 0 Å². The number of aromatic nitrogens is 5. The lowest BCUT2D eigenvalue weighted by Crippen LogP contribution is -2.35. The van der Waals surface area contributed by atoms with Crippen molar-refractivity contribution in [2.24, 2.45) is 0 Å². The normalized spacial score (nSPS) is 16.3. The summed E-state index contributed by atoms with van der Waals surface area (Å²) in [4.78, 5) is 19.0. The van der Waals surface area contributed by atoms with E-state index in [4.69, 9.17) is 20.8 Å². The van der Waals surface area contributed by atoms with Crippen LogP contribution in [0.5, 0.6) is 0 Å². The van der Waals surface area contributed by atoms with Gasteiger partial charge in [0.25, 0.3) is 5.56 Å². The maximum absolute atomic E-state index is 13.8. The lowest BCUT2D eigenvalue weighted by atomic mass is 10.0. The van der Waals surface area contributed by atoms with Crippen molar-refractivity contribution < 1.29 is 9.15 Å². The van der Waals surface area contributed by atoms with Gasteiger partial charge < -0.3 is 14.1 Å². The minimum atomic E-state index is -0.601. The molecule has 5 aromatic rings. The minimum absolute atomic E-state index is 0.0209. The third-order valence-corrected chi connectivity index (χ3v) is 7.62. The van der Waals surface area contributed by atoms with Crippen LogP contribution in [0.3, 0.4) is 0 Å². The fourth-order valence-corrected chi connectivity index (χ4v) is 5.50. The van der Waals surface area contributed by atoms with E-state index in [1.165, 1.54) is 0 Å². The lowest BCUT2D eigenvalue weighted by molar-refractivity contribution is 0.0901. The Hall–Kier alpha value is -3.79. The van der Waals surface area contributed by atoms with Crippen molar-refractivity contribution in [3.63, 3.8) is 0 Å². The number of hydrogen-bond donors (Lipinski definition) is 1. The van der Waals surface area contributed by atoms with Gasteiger partial charge in [-0.1, -0.05) is 48.0 Å². The largest absolute Gasteiger partial charge is 0.468 e. The average molecular weight is 545 g/mol. The second-order valence-corrected chi connectivity index (χ2v) is 10.3. The van der Waals surface area contributed by atoms with Crippen LogP contribution < -0.4 is 5.56 Å². The van der Waals surface area contributed by atoms with Gasteiger partial charge in [0.05, 0.1) is 31.0 Å². The Labute approximate surface area is 230 Å². The van der Waals surface area contributed by atoms with Crippen molar-refractivity contribution in [3.05, 3.63) is 111 Å². The summed E-state index contributed by atoms with van der Waals surface area (Å²) in [5.74, 6) is 1.31. The van der Waals surface area contributed by atoms with Crippen LogP contribution >= 0.6 is 11.6 Å². The highest BCUT2D eigenvalue weighted by Gasteiger charge is 2.33. The quantitative estimate of drug-likeness (QED) is 0.277. The van der Waals surface area contributed by atoms with Gasteiger partial charge in [0, 0.05) is 23.7 Å². The number of hydrogen-bond acceptors (Lipinski definition) is 7. The molecule has 1 saturated heterocycles. The molecule has 2 atom stereocenters. The monoisotopic (exact) mass is 544 g/mol.